The van der Waals surface area contributed by atoms with Crippen LogP contribution in [0.3, 0.4) is 0 Å². The van der Waals surface area contributed by atoms with Crippen molar-refractivity contribution in [1.29, 1.82) is 0 Å². The minimum atomic E-state index is 0.167. The number of aromatic nitrogens is 1. The van der Waals surface area contributed by atoms with Crippen molar-refractivity contribution in [3.63, 3.8) is 0 Å². The molecule has 0 fully saturated rings. The van der Waals surface area contributed by atoms with Gasteiger partial charge in [0.15, 0.2) is 0 Å². The third-order valence-electron chi connectivity index (χ3n) is 2.09. The van der Waals surface area contributed by atoms with Crippen molar-refractivity contribution in [2.75, 3.05) is 7.11 Å². The number of carbonyl (C=O) groups is 1. The molecule has 0 radical (unpaired) electrons. The number of ketones is 1. The fraction of sp³-hybridized carbons (Fsp3) is 0.600. The molecule has 1 heterocycles. The second-order valence-electron chi connectivity index (χ2n) is 3.27. The summed E-state index contributed by atoms with van der Waals surface area (Å²) >= 11 is 1.53. The van der Waals surface area contributed by atoms with Crippen molar-refractivity contribution in [2.24, 2.45) is 0 Å². The van der Waals surface area contributed by atoms with Crippen LogP contribution in [0.4, 0.5) is 0 Å². The SMILES string of the molecule is COC(C)CCC(=O)Cc1cncs1. The van der Waals surface area contributed by atoms with Gasteiger partial charge in [-0.1, -0.05) is 0 Å². The minimum Gasteiger partial charge on any atom is -0.382 e. The number of methoxy groups -OCH3 is 1. The molecular formula is C10H15NO2S. The maximum Gasteiger partial charge on any atom is 0.138 e. The largest absolute Gasteiger partial charge is 0.382 e. The number of ether oxygens (including phenoxy) is 1. The number of thiazole rings is 1. The van der Waals surface area contributed by atoms with E-state index in [2.05, 4.69) is 4.98 Å². The second kappa shape index (κ2) is 5.88. The lowest BCUT2D eigenvalue weighted by Crippen LogP contribution is -2.09. The average molecular weight is 213 g/mol. The maximum absolute atomic E-state index is 11.5. The first-order chi connectivity index (χ1) is 6.72. The summed E-state index contributed by atoms with van der Waals surface area (Å²) in [6, 6.07) is 0. The Bertz CT molecular complexity index is 272. The summed E-state index contributed by atoms with van der Waals surface area (Å²) in [5, 5.41) is 0. The fourth-order valence-corrected chi connectivity index (χ4v) is 1.72. The van der Waals surface area contributed by atoms with Gasteiger partial charge in [-0.25, -0.2) is 0 Å². The number of Topliss-reactive ketones (excluding diaryl/α,β-unsaturated/α-hetero) is 1. The number of nitrogens with zero attached hydrogens (tertiary/aromatic N) is 1. The van der Waals surface area contributed by atoms with Gasteiger partial charge < -0.3 is 4.74 Å². The van der Waals surface area contributed by atoms with Crippen molar-refractivity contribution in [3.05, 3.63) is 16.6 Å². The van der Waals surface area contributed by atoms with E-state index in [1.807, 2.05) is 6.92 Å². The Balaban J connectivity index is 2.23. The number of hydrogen-bond acceptors (Lipinski definition) is 4. The summed E-state index contributed by atoms with van der Waals surface area (Å²) in [5.74, 6) is 0.262. The van der Waals surface area contributed by atoms with Crippen LogP contribution in [0.15, 0.2) is 11.7 Å². The monoisotopic (exact) mass is 213 g/mol. The lowest BCUT2D eigenvalue weighted by molar-refractivity contribution is -0.119. The molecule has 78 valence electrons. The van der Waals surface area contributed by atoms with Gasteiger partial charge in [-0.3, -0.25) is 9.78 Å². The van der Waals surface area contributed by atoms with Gasteiger partial charge >= 0.3 is 0 Å². The Kier molecular flexibility index (Phi) is 4.76. The molecule has 0 saturated carbocycles. The van der Waals surface area contributed by atoms with Crippen LogP contribution in [0.25, 0.3) is 0 Å². The van der Waals surface area contributed by atoms with E-state index >= 15 is 0 Å². The van der Waals surface area contributed by atoms with Crippen molar-refractivity contribution in [3.8, 4) is 0 Å². The van der Waals surface area contributed by atoms with Crippen LogP contribution in [0.5, 0.6) is 0 Å². The molecule has 0 saturated heterocycles. The van der Waals surface area contributed by atoms with Gasteiger partial charge in [0.25, 0.3) is 0 Å². The van der Waals surface area contributed by atoms with Gasteiger partial charge in [-0.15, -0.1) is 11.3 Å². The highest BCUT2D eigenvalue weighted by Crippen LogP contribution is 2.09. The predicted octanol–water partition coefficient (Wildman–Crippen LogP) is 2.07. The van der Waals surface area contributed by atoms with E-state index in [4.69, 9.17) is 4.74 Å². The summed E-state index contributed by atoms with van der Waals surface area (Å²) in [5.41, 5.74) is 1.75. The number of rotatable bonds is 6. The lowest BCUT2D eigenvalue weighted by Gasteiger charge is -2.07. The molecule has 14 heavy (non-hydrogen) atoms. The number of carbonyl (C=O) groups excluding carboxylic acids is 1. The normalized spacial score (nSPS) is 12.7. The Labute approximate surface area is 88.1 Å². The van der Waals surface area contributed by atoms with Crippen LogP contribution >= 0.6 is 11.3 Å². The molecule has 1 rings (SSSR count). The fourth-order valence-electron chi connectivity index (χ4n) is 1.09. The molecule has 0 aliphatic rings. The highest BCUT2D eigenvalue weighted by Gasteiger charge is 2.07. The molecule has 4 heteroatoms. The quantitative estimate of drug-likeness (QED) is 0.726. The van der Waals surface area contributed by atoms with Crippen molar-refractivity contribution in [2.45, 2.75) is 32.3 Å². The van der Waals surface area contributed by atoms with Gasteiger partial charge in [-0.2, -0.15) is 0 Å². The van der Waals surface area contributed by atoms with Gasteiger partial charge in [0, 0.05) is 31.0 Å². The molecule has 0 spiro atoms. The van der Waals surface area contributed by atoms with E-state index < -0.39 is 0 Å². The van der Waals surface area contributed by atoms with Crippen LogP contribution in [0.2, 0.25) is 0 Å². The molecule has 1 unspecified atom stereocenters. The van der Waals surface area contributed by atoms with E-state index in [9.17, 15) is 4.79 Å². The molecule has 0 aliphatic heterocycles. The van der Waals surface area contributed by atoms with E-state index in [0.29, 0.717) is 12.8 Å². The van der Waals surface area contributed by atoms with Gasteiger partial charge in [0.05, 0.1) is 11.6 Å². The van der Waals surface area contributed by atoms with Gasteiger partial charge in [0.1, 0.15) is 5.78 Å². The van der Waals surface area contributed by atoms with E-state index in [1.54, 1.807) is 18.8 Å². The van der Waals surface area contributed by atoms with E-state index in [0.717, 1.165) is 11.3 Å². The lowest BCUT2D eigenvalue weighted by atomic mass is 10.1. The average Bonchev–Trinajstić information content (AvgIpc) is 2.66. The molecule has 3 nitrogen and oxygen atoms in total. The van der Waals surface area contributed by atoms with Crippen LogP contribution in [0.1, 0.15) is 24.6 Å². The smallest absolute Gasteiger partial charge is 0.138 e. The molecule has 0 N–H and O–H groups in total. The summed E-state index contributed by atoms with van der Waals surface area (Å²) in [6.07, 6.45) is 3.82. The Hall–Kier alpha value is -0.740. The first kappa shape index (κ1) is 11.3. The first-order valence-corrected chi connectivity index (χ1v) is 5.52. The first-order valence-electron chi connectivity index (χ1n) is 4.64. The topological polar surface area (TPSA) is 39.2 Å². The third kappa shape index (κ3) is 3.98. The third-order valence-corrected chi connectivity index (χ3v) is 2.87. The van der Waals surface area contributed by atoms with Gasteiger partial charge in [0.2, 0.25) is 0 Å². The summed E-state index contributed by atoms with van der Waals surface area (Å²) in [7, 11) is 1.67. The highest BCUT2D eigenvalue weighted by molar-refractivity contribution is 7.09. The maximum atomic E-state index is 11.5. The zero-order valence-corrected chi connectivity index (χ0v) is 9.34. The van der Waals surface area contributed by atoms with Crippen molar-refractivity contribution < 1.29 is 9.53 Å². The Morgan fingerprint density at radius 3 is 3.07 bits per heavy atom. The number of hydrogen-bond donors (Lipinski definition) is 0. The molecule has 0 aromatic carbocycles. The highest BCUT2D eigenvalue weighted by atomic mass is 32.1. The van der Waals surface area contributed by atoms with E-state index in [1.165, 1.54) is 11.3 Å². The van der Waals surface area contributed by atoms with E-state index in [-0.39, 0.29) is 11.9 Å². The molecule has 1 atom stereocenters. The summed E-state index contributed by atoms with van der Waals surface area (Å²) in [4.78, 5) is 16.4. The van der Waals surface area contributed by atoms with Crippen LogP contribution in [-0.4, -0.2) is 24.0 Å². The van der Waals surface area contributed by atoms with Gasteiger partial charge in [-0.05, 0) is 13.3 Å². The summed E-state index contributed by atoms with van der Waals surface area (Å²) in [6.45, 7) is 1.97. The summed E-state index contributed by atoms with van der Waals surface area (Å²) < 4.78 is 5.07. The molecule has 1 aromatic rings. The molecule has 1 aromatic heterocycles. The minimum absolute atomic E-state index is 0.167. The van der Waals surface area contributed by atoms with Crippen LogP contribution in [0, 0.1) is 0 Å². The standard InChI is InChI=1S/C10H15NO2S/c1-8(13-2)3-4-9(12)5-10-6-11-7-14-10/h6-8H,3-5H2,1-2H3. The zero-order chi connectivity index (χ0) is 10.4. The Morgan fingerprint density at radius 2 is 2.50 bits per heavy atom. The van der Waals surface area contributed by atoms with Crippen LogP contribution < -0.4 is 0 Å². The molecule has 0 aliphatic carbocycles. The Morgan fingerprint density at radius 1 is 1.71 bits per heavy atom. The van der Waals surface area contributed by atoms with Crippen LogP contribution in [-0.2, 0) is 16.0 Å². The molecular weight excluding hydrogens is 198 g/mol. The van der Waals surface area contributed by atoms with Crippen molar-refractivity contribution >= 4 is 17.1 Å². The molecule has 0 bridgehead atoms. The second-order valence-corrected chi connectivity index (χ2v) is 4.24. The predicted molar refractivity (Wildman–Crippen MR) is 56.5 cm³/mol. The zero-order valence-electron chi connectivity index (χ0n) is 8.53. The van der Waals surface area contributed by atoms with Crippen molar-refractivity contribution in [1.82, 2.24) is 4.98 Å². The molecule has 0 amide bonds.